The van der Waals surface area contributed by atoms with Gasteiger partial charge in [0.05, 0.1) is 10.6 Å². The number of halogens is 2. The monoisotopic (exact) mass is 578 g/mol. The van der Waals surface area contributed by atoms with E-state index in [9.17, 15) is 17.2 Å². The van der Waals surface area contributed by atoms with Crippen LogP contribution in [0.15, 0.2) is 83.3 Å². The number of rotatable bonds is 9. The van der Waals surface area contributed by atoms with Crippen LogP contribution in [-0.2, 0) is 10.0 Å². The Morgan fingerprint density at radius 2 is 1.46 bits per heavy atom. The number of likely N-dealkylation sites (tertiary alicyclic amines) is 1. The Hall–Kier alpha value is -4.17. The van der Waals surface area contributed by atoms with Gasteiger partial charge in [-0.05, 0) is 78.1 Å². The van der Waals surface area contributed by atoms with E-state index >= 15 is 0 Å². The largest absolute Gasteiger partial charge is 0.481 e. The first-order valence-electron chi connectivity index (χ1n) is 12.8. The zero-order valence-electron chi connectivity index (χ0n) is 22.4. The normalized spacial score (nSPS) is 13.4. The number of ether oxygens (including phenoxy) is 1. The summed E-state index contributed by atoms with van der Waals surface area (Å²) in [6, 6.07) is 18.6. The molecule has 0 unspecified atom stereocenters. The molecule has 1 aliphatic heterocycles. The van der Waals surface area contributed by atoms with Gasteiger partial charge in [0, 0.05) is 32.3 Å². The molecule has 0 atom stereocenters. The first-order valence-corrected chi connectivity index (χ1v) is 14.4. The molecule has 3 aromatic rings. The van der Waals surface area contributed by atoms with Crippen molar-refractivity contribution in [3.63, 3.8) is 0 Å². The molecule has 0 saturated carbocycles. The van der Waals surface area contributed by atoms with Crippen LogP contribution in [0.25, 0.3) is 5.57 Å². The highest BCUT2D eigenvalue weighted by atomic mass is 32.2. The molecule has 0 aliphatic carbocycles. The lowest BCUT2D eigenvalue weighted by atomic mass is 9.88. The lowest BCUT2D eigenvalue weighted by Gasteiger charge is -2.30. The highest BCUT2D eigenvalue weighted by Gasteiger charge is 2.19. The number of nitrogens with two attached hydrogens (primary N) is 1. The first kappa shape index (κ1) is 31.4. The number of benzene rings is 3. The van der Waals surface area contributed by atoms with Crippen molar-refractivity contribution < 1.29 is 21.9 Å². The van der Waals surface area contributed by atoms with Crippen molar-refractivity contribution in [3.05, 3.63) is 101 Å². The van der Waals surface area contributed by atoms with E-state index < -0.39 is 10.0 Å². The van der Waals surface area contributed by atoms with Crippen molar-refractivity contribution >= 4 is 27.5 Å². The minimum Gasteiger partial charge on any atom is -0.481 e. The van der Waals surface area contributed by atoms with E-state index in [4.69, 9.17) is 27.1 Å². The molecule has 214 valence electrons. The topological polar surface area (TPSA) is 120 Å². The van der Waals surface area contributed by atoms with Crippen LogP contribution in [0.4, 0.5) is 8.78 Å². The quantitative estimate of drug-likeness (QED) is 0.237. The van der Waals surface area contributed by atoms with Gasteiger partial charge >= 0.3 is 0 Å². The summed E-state index contributed by atoms with van der Waals surface area (Å²) in [5.74, 6) is 2.26. The van der Waals surface area contributed by atoms with Gasteiger partial charge in [0.25, 0.3) is 0 Å². The molecule has 10 heteroatoms. The zero-order chi connectivity index (χ0) is 29.8. The van der Waals surface area contributed by atoms with Crippen molar-refractivity contribution in [2.75, 3.05) is 26.2 Å². The number of nitrogens with zero attached hydrogens (tertiary/aromatic N) is 1. The molecule has 0 amide bonds. The molecule has 0 aromatic heterocycles. The van der Waals surface area contributed by atoms with E-state index in [0.717, 1.165) is 55.4 Å². The van der Waals surface area contributed by atoms with Crippen LogP contribution in [0, 0.1) is 34.8 Å². The van der Waals surface area contributed by atoms with Crippen molar-refractivity contribution in [2.24, 2.45) is 5.14 Å². The van der Waals surface area contributed by atoms with Crippen LogP contribution in [0.1, 0.15) is 30.4 Å². The van der Waals surface area contributed by atoms with E-state index in [0.29, 0.717) is 17.9 Å². The average molecular weight is 579 g/mol. The van der Waals surface area contributed by atoms with E-state index in [1.165, 1.54) is 54.1 Å². The van der Waals surface area contributed by atoms with Crippen LogP contribution in [-0.4, -0.2) is 51.5 Å². The number of sulfonamides is 1. The maximum atomic E-state index is 13.4. The van der Waals surface area contributed by atoms with E-state index in [1.54, 1.807) is 24.3 Å². The second-order valence-corrected chi connectivity index (χ2v) is 10.8. The standard InChI is InChI=1S/C22H23F2N3.C9H9NO3S/c23-19-5-1-16(2-6-19)22(17-3-7-20(24)8-4-17)18-9-12-27(13-10-18)14-11-21(26)15-25;1-2-7-13-8-3-5-9(6-4-8)14(10,11)12/h1-8,15,25-26H,9-14H2;1,3-6H,7H2,(H2,10,11,12). The summed E-state index contributed by atoms with van der Waals surface area (Å²) < 4.78 is 53.5. The number of piperidine rings is 1. The van der Waals surface area contributed by atoms with E-state index in [-0.39, 0.29) is 23.1 Å². The summed E-state index contributed by atoms with van der Waals surface area (Å²) in [5.41, 5.74) is 4.57. The lowest BCUT2D eigenvalue weighted by Crippen LogP contribution is -2.33. The highest BCUT2D eigenvalue weighted by Crippen LogP contribution is 2.32. The second kappa shape index (κ2) is 15.0. The van der Waals surface area contributed by atoms with Gasteiger partial charge in [0.1, 0.15) is 24.0 Å². The minimum atomic E-state index is -3.64. The Morgan fingerprint density at radius 1 is 0.951 bits per heavy atom. The lowest BCUT2D eigenvalue weighted by molar-refractivity contribution is 0.264. The maximum absolute atomic E-state index is 13.4. The molecule has 0 bridgehead atoms. The average Bonchev–Trinajstić information content (AvgIpc) is 2.97. The molecule has 1 fully saturated rings. The number of terminal acetylenes is 1. The van der Waals surface area contributed by atoms with Crippen LogP contribution in [0.2, 0.25) is 0 Å². The van der Waals surface area contributed by atoms with Gasteiger partial charge in [-0.25, -0.2) is 22.3 Å². The van der Waals surface area contributed by atoms with Crippen LogP contribution in [0.5, 0.6) is 5.75 Å². The van der Waals surface area contributed by atoms with E-state index in [1.807, 2.05) is 0 Å². The van der Waals surface area contributed by atoms with Gasteiger partial charge in [-0.3, -0.25) is 0 Å². The van der Waals surface area contributed by atoms with Crippen LogP contribution in [0.3, 0.4) is 0 Å². The molecule has 1 saturated heterocycles. The molecule has 4 N–H and O–H groups in total. The van der Waals surface area contributed by atoms with Crippen molar-refractivity contribution in [1.82, 2.24) is 4.90 Å². The first-order chi connectivity index (χ1) is 19.6. The summed E-state index contributed by atoms with van der Waals surface area (Å²) in [7, 11) is -3.64. The number of hydrogen-bond acceptors (Lipinski definition) is 6. The Morgan fingerprint density at radius 3 is 1.90 bits per heavy atom. The zero-order valence-corrected chi connectivity index (χ0v) is 23.3. The maximum Gasteiger partial charge on any atom is 0.238 e. The summed E-state index contributed by atoms with van der Waals surface area (Å²) in [5, 5.41) is 19.6. The van der Waals surface area contributed by atoms with Gasteiger partial charge in [-0.15, -0.1) is 6.42 Å². The van der Waals surface area contributed by atoms with Gasteiger partial charge in [0.2, 0.25) is 10.0 Å². The molecule has 4 rings (SSSR count). The molecular weight excluding hydrogens is 546 g/mol. The minimum absolute atomic E-state index is 0.0468. The Balaban J connectivity index is 0.000000278. The Labute approximate surface area is 239 Å². The predicted octanol–water partition coefficient (Wildman–Crippen LogP) is 5.27. The molecular formula is C31H32F2N4O3S. The second-order valence-electron chi connectivity index (χ2n) is 9.26. The fourth-order valence-electron chi connectivity index (χ4n) is 4.31. The fourth-order valence-corrected chi connectivity index (χ4v) is 4.82. The summed E-state index contributed by atoms with van der Waals surface area (Å²) in [6.45, 7) is 2.69. The van der Waals surface area contributed by atoms with Gasteiger partial charge in [-0.1, -0.05) is 35.8 Å². The summed E-state index contributed by atoms with van der Waals surface area (Å²) in [4.78, 5) is 2.35. The van der Waals surface area contributed by atoms with E-state index in [2.05, 4.69) is 10.8 Å². The third-order valence-corrected chi connectivity index (χ3v) is 7.35. The molecule has 41 heavy (non-hydrogen) atoms. The van der Waals surface area contributed by atoms with Crippen molar-refractivity contribution in [3.8, 4) is 18.1 Å². The number of hydrogen-bond donors (Lipinski definition) is 3. The summed E-state index contributed by atoms with van der Waals surface area (Å²) >= 11 is 0. The van der Waals surface area contributed by atoms with Crippen molar-refractivity contribution in [1.29, 1.82) is 10.8 Å². The predicted molar refractivity (Wildman–Crippen MR) is 158 cm³/mol. The molecule has 3 aromatic carbocycles. The van der Waals surface area contributed by atoms with Crippen LogP contribution >= 0.6 is 0 Å². The Kier molecular flexibility index (Phi) is 11.5. The third kappa shape index (κ3) is 9.76. The Bertz CT molecular complexity index is 1460. The molecule has 0 radical (unpaired) electrons. The fraction of sp³-hybridized carbons (Fsp3) is 0.226. The van der Waals surface area contributed by atoms with Crippen LogP contribution < -0.4 is 9.88 Å². The molecule has 1 aliphatic rings. The summed E-state index contributed by atoms with van der Waals surface area (Å²) in [6.07, 6.45) is 8.42. The van der Waals surface area contributed by atoms with Crippen molar-refractivity contribution in [2.45, 2.75) is 24.2 Å². The smallest absolute Gasteiger partial charge is 0.238 e. The van der Waals surface area contributed by atoms with Gasteiger partial charge in [-0.2, -0.15) is 0 Å². The highest BCUT2D eigenvalue weighted by molar-refractivity contribution is 7.89. The van der Waals surface area contributed by atoms with Gasteiger partial charge in [0.15, 0.2) is 0 Å². The number of primary sulfonamides is 1. The molecule has 0 spiro atoms. The molecule has 1 heterocycles. The van der Waals surface area contributed by atoms with Gasteiger partial charge < -0.3 is 20.5 Å². The third-order valence-electron chi connectivity index (χ3n) is 6.42. The number of nitrogens with one attached hydrogen (secondary N) is 2. The SMILES string of the molecule is C#CCOc1ccc(S(N)(=O)=O)cc1.N=CC(=N)CCN1CCC(=C(c2ccc(F)cc2)c2ccc(F)cc2)CC1. The molecule has 7 nitrogen and oxygen atoms in total.